The van der Waals surface area contributed by atoms with Crippen molar-refractivity contribution >= 4 is 16.8 Å². The van der Waals surface area contributed by atoms with Gasteiger partial charge in [-0.05, 0) is 42.7 Å². The Morgan fingerprint density at radius 1 is 1.22 bits per heavy atom. The van der Waals surface area contributed by atoms with Crippen LogP contribution in [0, 0.1) is 23.2 Å². The lowest BCUT2D eigenvalue weighted by atomic mass is 10.0. The standard InChI is InChI=1S/C24H16N6O2/c25-13-17-12-20-19(14-28-17)21(23(26)31)29-30(20)18-5-1-3-15(11-18)6-8-24(32)9-7-16-4-2-10-27-22(16)24/h1-5,10-12,14,32H,7,9H2,(H2,26,31). The van der Waals surface area contributed by atoms with E-state index in [0.717, 1.165) is 12.0 Å². The summed E-state index contributed by atoms with van der Waals surface area (Å²) in [6.07, 6.45) is 4.28. The van der Waals surface area contributed by atoms with E-state index in [1.165, 1.54) is 10.9 Å². The van der Waals surface area contributed by atoms with E-state index in [4.69, 9.17) is 5.73 Å². The van der Waals surface area contributed by atoms with E-state index in [2.05, 4.69) is 26.9 Å². The maximum atomic E-state index is 11.9. The fourth-order valence-electron chi connectivity index (χ4n) is 3.91. The number of rotatable bonds is 2. The summed E-state index contributed by atoms with van der Waals surface area (Å²) < 4.78 is 1.53. The van der Waals surface area contributed by atoms with E-state index in [0.29, 0.717) is 34.3 Å². The van der Waals surface area contributed by atoms with Gasteiger partial charge in [-0.2, -0.15) is 10.4 Å². The number of carbonyl (C=O) groups excluding carboxylic acids is 1. The molecule has 1 atom stereocenters. The predicted molar refractivity (Wildman–Crippen MR) is 115 cm³/mol. The number of benzene rings is 1. The van der Waals surface area contributed by atoms with Crippen LogP contribution in [0.2, 0.25) is 0 Å². The summed E-state index contributed by atoms with van der Waals surface area (Å²) in [6.45, 7) is 0. The maximum Gasteiger partial charge on any atom is 0.269 e. The molecule has 1 unspecified atom stereocenters. The van der Waals surface area contributed by atoms with Crippen molar-refractivity contribution in [2.75, 3.05) is 0 Å². The van der Waals surface area contributed by atoms with E-state index in [1.807, 2.05) is 24.3 Å². The molecule has 0 radical (unpaired) electrons. The van der Waals surface area contributed by atoms with Crippen LogP contribution in [0.3, 0.4) is 0 Å². The van der Waals surface area contributed by atoms with Gasteiger partial charge in [0.2, 0.25) is 0 Å². The first-order valence-corrected chi connectivity index (χ1v) is 9.87. The largest absolute Gasteiger partial charge is 0.372 e. The molecule has 0 bridgehead atoms. The van der Waals surface area contributed by atoms with Crippen LogP contribution in [0.1, 0.15) is 39.4 Å². The number of nitrogens with two attached hydrogens (primary N) is 1. The Labute approximate surface area is 183 Å². The summed E-state index contributed by atoms with van der Waals surface area (Å²) in [7, 11) is 0. The molecule has 8 heteroatoms. The zero-order chi connectivity index (χ0) is 22.3. The van der Waals surface area contributed by atoms with Crippen molar-refractivity contribution < 1.29 is 9.90 Å². The maximum absolute atomic E-state index is 11.9. The normalized spacial score (nSPS) is 16.8. The minimum absolute atomic E-state index is 0.0661. The topological polar surface area (TPSA) is 131 Å². The van der Waals surface area contributed by atoms with Crippen molar-refractivity contribution in [2.24, 2.45) is 5.73 Å². The monoisotopic (exact) mass is 420 g/mol. The predicted octanol–water partition coefficient (Wildman–Crippen LogP) is 1.97. The summed E-state index contributed by atoms with van der Waals surface area (Å²) in [4.78, 5) is 20.2. The molecular weight excluding hydrogens is 404 g/mol. The van der Waals surface area contributed by atoms with Crippen molar-refractivity contribution in [1.82, 2.24) is 19.7 Å². The van der Waals surface area contributed by atoms with Crippen molar-refractivity contribution in [3.05, 3.63) is 83.1 Å². The van der Waals surface area contributed by atoms with Gasteiger partial charge in [0.1, 0.15) is 11.8 Å². The molecule has 0 spiro atoms. The van der Waals surface area contributed by atoms with E-state index in [-0.39, 0.29) is 11.4 Å². The van der Waals surface area contributed by atoms with Gasteiger partial charge >= 0.3 is 0 Å². The number of hydrogen-bond donors (Lipinski definition) is 2. The second-order valence-electron chi connectivity index (χ2n) is 7.49. The number of primary amides is 1. The van der Waals surface area contributed by atoms with Crippen LogP contribution < -0.4 is 5.73 Å². The number of nitriles is 1. The molecule has 1 aliphatic carbocycles. The van der Waals surface area contributed by atoms with Crippen LogP contribution >= 0.6 is 0 Å². The second kappa shape index (κ2) is 7.31. The van der Waals surface area contributed by atoms with Gasteiger partial charge in [0.05, 0.1) is 22.3 Å². The van der Waals surface area contributed by atoms with Crippen LogP contribution in [-0.2, 0) is 12.0 Å². The quantitative estimate of drug-likeness (QED) is 0.477. The van der Waals surface area contributed by atoms with Gasteiger partial charge in [-0.15, -0.1) is 0 Å². The first-order valence-electron chi connectivity index (χ1n) is 9.87. The second-order valence-corrected chi connectivity index (χ2v) is 7.49. The van der Waals surface area contributed by atoms with Gasteiger partial charge in [-0.3, -0.25) is 9.78 Å². The van der Waals surface area contributed by atoms with Crippen LogP contribution in [0.15, 0.2) is 54.9 Å². The molecule has 5 rings (SSSR count). The summed E-state index contributed by atoms with van der Waals surface area (Å²) >= 11 is 0. The lowest BCUT2D eigenvalue weighted by molar-refractivity contribution is 0.0980. The molecular formula is C24H16N6O2. The molecule has 3 heterocycles. The van der Waals surface area contributed by atoms with Gasteiger partial charge in [0, 0.05) is 24.0 Å². The highest BCUT2D eigenvalue weighted by Gasteiger charge is 2.36. The Hall–Kier alpha value is -4.53. The Morgan fingerprint density at radius 2 is 2.09 bits per heavy atom. The zero-order valence-electron chi connectivity index (χ0n) is 16.8. The van der Waals surface area contributed by atoms with Crippen LogP contribution in [-0.4, -0.2) is 30.8 Å². The number of carbonyl (C=O) groups is 1. The molecule has 1 aromatic carbocycles. The summed E-state index contributed by atoms with van der Waals surface area (Å²) in [5, 5.41) is 25.0. The van der Waals surface area contributed by atoms with E-state index in [1.54, 1.807) is 30.5 Å². The summed E-state index contributed by atoms with van der Waals surface area (Å²) in [6, 6.07) is 14.5. The number of fused-ring (bicyclic) bond motifs is 2. The average molecular weight is 420 g/mol. The number of nitrogens with zero attached hydrogens (tertiary/aromatic N) is 5. The number of aryl methyl sites for hydroxylation is 1. The number of hydrogen-bond acceptors (Lipinski definition) is 6. The van der Waals surface area contributed by atoms with Gasteiger partial charge in [-0.25, -0.2) is 9.67 Å². The Morgan fingerprint density at radius 3 is 2.91 bits per heavy atom. The van der Waals surface area contributed by atoms with Crippen LogP contribution in [0.4, 0.5) is 0 Å². The van der Waals surface area contributed by atoms with E-state index < -0.39 is 11.5 Å². The van der Waals surface area contributed by atoms with E-state index >= 15 is 0 Å². The van der Waals surface area contributed by atoms with Gasteiger partial charge < -0.3 is 10.8 Å². The third kappa shape index (κ3) is 3.16. The molecule has 0 saturated heterocycles. The Balaban J connectivity index is 1.58. The number of pyridine rings is 2. The molecule has 0 aliphatic heterocycles. The van der Waals surface area contributed by atoms with E-state index in [9.17, 15) is 15.2 Å². The molecule has 8 nitrogen and oxygen atoms in total. The number of aliphatic hydroxyl groups is 1. The van der Waals surface area contributed by atoms with Gasteiger partial charge in [0.15, 0.2) is 11.3 Å². The SMILES string of the molecule is N#Cc1cc2c(cn1)c(C(N)=O)nn2-c1cccc(C#CC2(O)CCc3cccnc32)c1. The number of amides is 1. The first-order chi connectivity index (χ1) is 15.5. The van der Waals surface area contributed by atoms with Gasteiger partial charge in [0.25, 0.3) is 5.91 Å². The fraction of sp³-hybridized carbons (Fsp3) is 0.125. The molecule has 154 valence electrons. The lowest BCUT2D eigenvalue weighted by Gasteiger charge is -2.15. The van der Waals surface area contributed by atoms with Crippen LogP contribution in [0.5, 0.6) is 0 Å². The smallest absolute Gasteiger partial charge is 0.269 e. The number of aromatic nitrogens is 4. The molecule has 4 aromatic rings. The molecule has 0 fully saturated rings. The molecule has 1 aliphatic rings. The third-order valence-electron chi connectivity index (χ3n) is 5.46. The Kier molecular flexibility index (Phi) is 4.44. The highest BCUT2D eigenvalue weighted by molar-refractivity contribution is 6.04. The van der Waals surface area contributed by atoms with Crippen molar-refractivity contribution in [3.8, 4) is 23.6 Å². The van der Waals surface area contributed by atoms with Gasteiger partial charge in [-0.1, -0.05) is 24.0 Å². The lowest BCUT2D eigenvalue weighted by Crippen LogP contribution is -2.20. The zero-order valence-corrected chi connectivity index (χ0v) is 16.8. The van der Waals surface area contributed by atoms with Crippen LogP contribution in [0.25, 0.3) is 16.6 Å². The summed E-state index contributed by atoms with van der Waals surface area (Å²) in [5.41, 5.74) is 7.86. The molecule has 1 amide bonds. The molecule has 0 saturated carbocycles. The van der Waals surface area contributed by atoms with Crippen molar-refractivity contribution in [2.45, 2.75) is 18.4 Å². The Bertz CT molecular complexity index is 1500. The minimum Gasteiger partial charge on any atom is -0.372 e. The molecule has 32 heavy (non-hydrogen) atoms. The third-order valence-corrected chi connectivity index (χ3v) is 5.46. The first kappa shape index (κ1) is 19.4. The van der Waals surface area contributed by atoms with Crippen molar-refractivity contribution in [3.63, 3.8) is 0 Å². The molecule has 3 N–H and O–H groups in total. The fourth-order valence-corrected chi connectivity index (χ4v) is 3.91. The summed E-state index contributed by atoms with van der Waals surface area (Å²) in [5.74, 6) is 5.33. The van der Waals surface area contributed by atoms with Crippen molar-refractivity contribution in [1.29, 1.82) is 5.26 Å². The minimum atomic E-state index is -1.29. The highest BCUT2D eigenvalue weighted by atomic mass is 16.3. The molecule has 3 aromatic heterocycles. The highest BCUT2D eigenvalue weighted by Crippen LogP contribution is 2.34. The average Bonchev–Trinajstić information content (AvgIpc) is 3.37.